The molecule has 4 aromatic rings. The highest BCUT2D eigenvalue weighted by atomic mass is 32.2. The normalized spacial score (nSPS) is 14.2. The third kappa shape index (κ3) is 5.21. The standard InChI is InChI=1S/C28H27N5O4S/c1-20-19-22(27(34)32-15-6-16-33(18-17-32)28(35)24-9-2-3-13-29-24)11-12-23(20)31-38(36,37)25-10-4-7-21-8-5-14-30-26(21)25/h2-5,7-14,19,31H,6,15-18H2,1H3. The van der Waals surface area contributed by atoms with Crippen LogP contribution in [0.25, 0.3) is 10.9 Å². The van der Waals surface area contributed by atoms with E-state index in [1.807, 2.05) is 12.1 Å². The van der Waals surface area contributed by atoms with Crippen LogP contribution >= 0.6 is 0 Å². The van der Waals surface area contributed by atoms with Gasteiger partial charge in [-0.15, -0.1) is 0 Å². The van der Waals surface area contributed by atoms with Gasteiger partial charge >= 0.3 is 0 Å². The van der Waals surface area contributed by atoms with Gasteiger partial charge in [-0.05, 0) is 61.4 Å². The van der Waals surface area contributed by atoms with E-state index in [0.717, 1.165) is 5.39 Å². The van der Waals surface area contributed by atoms with Crippen molar-refractivity contribution in [1.82, 2.24) is 19.8 Å². The van der Waals surface area contributed by atoms with Crippen LogP contribution in [-0.4, -0.2) is 66.2 Å². The summed E-state index contributed by atoms with van der Waals surface area (Å²) in [5.41, 5.74) is 2.25. The largest absolute Gasteiger partial charge is 0.337 e. The number of nitrogens with zero attached hydrogens (tertiary/aromatic N) is 4. The molecule has 5 rings (SSSR count). The van der Waals surface area contributed by atoms with Crippen LogP contribution in [0.4, 0.5) is 5.69 Å². The van der Waals surface area contributed by atoms with Crippen molar-refractivity contribution in [2.75, 3.05) is 30.9 Å². The van der Waals surface area contributed by atoms with Gasteiger partial charge in [-0.1, -0.05) is 24.3 Å². The van der Waals surface area contributed by atoms with Crippen LogP contribution in [0.3, 0.4) is 0 Å². The fourth-order valence-electron chi connectivity index (χ4n) is 4.56. The first kappa shape index (κ1) is 25.3. The highest BCUT2D eigenvalue weighted by molar-refractivity contribution is 7.93. The number of fused-ring (bicyclic) bond motifs is 1. The van der Waals surface area contributed by atoms with Gasteiger partial charge in [0.2, 0.25) is 0 Å². The number of benzene rings is 2. The average Bonchev–Trinajstić information content (AvgIpc) is 3.20. The number of nitrogens with one attached hydrogen (secondary N) is 1. The lowest BCUT2D eigenvalue weighted by molar-refractivity contribution is 0.0715. The van der Waals surface area contributed by atoms with E-state index in [2.05, 4.69) is 14.7 Å². The quantitative estimate of drug-likeness (QED) is 0.422. The molecule has 1 fully saturated rings. The molecule has 194 valence electrons. The molecule has 38 heavy (non-hydrogen) atoms. The first-order valence-corrected chi connectivity index (χ1v) is 13.8. The summed E-state index contributed by atoms with van der Waals surface area (Å²) in [5, 5.41) is 0.728. The number of carbonyl (C=O) groups is 2. The number of aromatic nitrogens is 2. The van der Waals surface area contributed by atoms with Gasteiger partial charge in [0.15, 0.2) is 0 Å². The van der Waals surface area contributed by atoms with Crippen molar-refractivity contribution in [2.24, 2.45) is 0 Å². The molecule has 1 saturated heterocycles. The molecule has 2 amide bonds. The zero-order valence-electron chi connectivity index (χ0n) is 20.9. The number of hydrogen-bond acceptors (Lipinski definition) is 6. The SMILES string of the molecule is Cc1cc(C(=O)N2CCCN(C(=O)c3ccccn3)CC2)ccc1NS(=O)(=O)c1cccc2cccnc12. The highest BCUT2D eigenvalue weighted by Gasteiger charge is 2.25. The molecular weight excluding hydrogens is 502 g/mol. The Balaban J connectivity index is 1.29. The lowest BCUT2D eigenvalue weighted by atomic mass is 10.1. The molecular formula is C28H27N5O4S. The van der Waals surface area contributed by atoms with Gasteiger partial charge in [0, 0.05) is 49.5 Å². The third-order valence-electron chi connectivity index (χ3n) is 6.56. The summed E-state index contributed by atoms with van der Waals surface area (Å²) in [6, 6.07) is 18.7. The Morgan fingerprint density at radius 2 is 1.55 bits per heavy atom. The molecule has 2 aromatic carbocycles. The number of pyridine rings is 2. The third-order valence-corrected chi connectivity index (χ3v) is 7.95. The van der Waals surface area contributed by atoms with E-state index in [4.69, 9.17) is 0 Å². The molecule has 3 heterocycles. The number of rotatable bonds is 5. The second-order valence-electron chi connectivity index (χ2n) is 9.12. The molecule has 1 aliphatic heterocycles. The first-order valence-electron chi connectivity index (χ1n) is 12.3. The van der Waals surface area contributed by atoms with Gasteiger partial charge in [-0.25, -0.2) is 8.42 Å². The van der Waals surface area contributed by atoms with Gasteiger partial charge in [0.1, 0.15) is 10.6 Å². The lowest BCUT2D eigenvalue weighted by Gasteiger charge is -2.22. The Morgan fingerprint density at radius 3 is 2.29 bits per heavy atom. The molecule has 0 spiro atoms. The molecule has 10 heteroatoms. The lowest BCUT2D eigenvalue weighted by Crippen LogP contribution is -2.37. The van der Waals surface area contributed by atoms with Crippen molar-refractivity contribution < 1.29 is 18.0 Å². The summed E-state index contributed by atoms with van der Waals surface area (Å²) in [4.78, 5) is 38.0. The van der Waals surface area contributed by atoms with E-state index >= 15 is 0 Å². The topological polar surface area (TPSA) is 113 Å². The van der Waals surface area contributed by atoms with Crippen LogP contribution in [0, 0.1) is 6.92 Å². The minimum atomic E-state index is -3.91. The summed E-state index contributed by atoms with van der Waals surface area (Å²) < 4.78 is 29.0. The number of sulfonamides is 1. The maximum atomic E-state index is 13.3. The summed E-state index contributed by atoms with van der Waals surface area (Å²) in [6.07, 6.45) is 3.80. The van der Waals surface area contributed by atoms with E-state index in [0.29, 0.717) is 60.6 Å². The minimum absolute atomic E-state index is 0.0875. The molecule has 9 nitrogen and oxygen atoms in total. The zero-order valence-corrected chi connectivity index (χ0v) is 21.7. The van der Waals surface area contributed by atoms with Crippen molar-refractivity contribution in [1.29, 1.82) is 0 Å². The fourth-order valence-corrected chi connectivity index (χ4v) is 5.87. The van der Waals surface area contributed by atoms with Crippen LogP contribution < -0.4 is 4.72 Å². The minimum Gasteiger partial charge on any atom is -0.337 e. The van der Waals surface area contributed by atoms with Crippen LogP contribution in [-0.2, 0) is 10.0 Å². The Kier molecular flexibility index (Phi) is 7.06. The number of carbonyl (C=O) groups excluding carboxylic acids is 2. The highest BCUT2D eigenvalue weighted by Crippen LogP contribution is 2.26. The second kappa shape index (κ2) is 10.6. The van der Waals surface area contributed by atoms with Crippen LogP contribution in [0.5, 0.6) is 0 Å². The van der Waals surface area contributed by atoms with Crippen LogP contribution in [0.2, 0.25) is 0 Å². The van der Waals surface area contributed by atoms with Crippen molar-refractivity contribution >= 4 is 38.4 Å². The summed E-state index contributed by atoms with van der Waals surface area (Å²) in [7, 11) is -3.91. The molecule has 0 saturated carbocycles. The molecule has 0 bridgehead atoms. The number of para-hydroxylation sites is 1. The van der Waals surface area contributed by atoms with Crippen molar-refractivity contribution in [3.05, 3.63) is 95.9 Å². The monoisotopic (exact) mass is 529 g/mol. The first-order chi connectivity index (χ1) is 18.3. The average molecular weight is 530 g/mol. The van der Waals surface area contributed by atoms with E-state index < -0.39 is 10.0 Å². The van der Waals surface area contributed by atoms with Gasteiger partial charge in [-0.2, -0.15) is 0 Å². The molecule has 0 aliphatic carbocycles. The maximum Gasteiger partial charge on any atom is 0.272 e. The number of amides is 2. The second-order valence-corrected chi connectivity index (χ2v) is 10.8. The molecule has 1 N–H and O–H groups in total. The summed E-state index contributed by atoms with van der Waals surface area (Å²) in [6.45, 7) is 3.63. The summed E-state index contributed by atoms with van der Waals surface area (Å²) in [5.74, 6) is -0.304. The van der Waals surface area contributed by atoms with Crippen LogP contribution in [0.15, 0.2) is 84.0 Å². The van der Waals surface area contributed by atoms with Crippen LogP contribution in [0.1, 0.15) is 32.8 Å². The van der Waals surface area contributed by atoms with Gasteiger partial charge in [0.05, 0.1) is 11.2 Å². The van der Waals surface area contributed by atoms with Crippen molar-refractivity contribution in [3.63, 3.8) is 0 Å². The van der Waals surface area contributed by atoms with E-state index in [1.54, 1.807) is 77.6 Å². The van der Waals surface area contributed by atoms with Crippen molar-refractivity contribution in [3.8, 4) is 0 Å². The van der Waals surface area contributed by atoms with Gasteiger partial charge in [0.25, 0.3) is 21.8 Å². The number of aryl methyl sites for hydroxylation is 1. The zero-order chi connectivity index (χ0) is 26.7. The molecule has 0 atom stereocenters. The Hall–Kier alpha value is -4.31. The predicted octanol–water partition coefficient (Wildman–Crippen LogP) is 3.73. The smallest absolute Gasteiger partial charge is 0.272 e. The van der Waals surface area contributed by atoms with Gasteiger partial charge < -0.3 is 9.80 Å². The van der Waals surface area contributed by atoms with E-state index in [9.17, 15) is 18.0 Å². The Labute approximate surface area is 221 Å². The number of anilines is 1. The molecule has 0 unspecified atom stereocenters. The molecule has 0 radical (unpaired) electrons. The fraction of sp³-hybridized carbons (Fsp3) is 0.214. The molecule has 1 aliphatic rings. The Bertz CT molecular complexity index is 1600. The predicted molar refractivity (Wildman–Crippen MR) is 144 cm³/mol. The maximum absolute atomic E-state index is 13.3. The molecule has 2 aromatic heterocycles. The van der Waals surface area contributed by atoms with Crippen molar-refractivity contribution in [2.45, 2.75) is 18.2 Å². The van der Waals surface area contributed by atoms with E-state index in [-0.39, 0.29) is 16.7 Å². The van der Waals surface area contributed by atoms with Gasteiger partial charge in [-0.3, -0.25) is 24.3 Å². The van der Waals surface area contributed by atoms with E-state index in [1.165, 1.54) is 6.07 Å². The number of hydrogen-bond donors (Lipinski definition) is 1. The Morgan fingerprint density at radius 1 is 0.816 bits per heavy atom. The summed E-state index contributed by atoms with van der Waals surface area (Å²) >= 11 is 0.